The molecule has 1 aromatic rings. The highest BCUT2D eigenvalue weighted by Gasteiger charge is 2.26. The van der Waals surface area contributed by atoms with Crippen LogP contribution in [0.1, 0.15) is 11.6 Å². The molecule has 3 heteroatoms. The van der Waals surface area contributed by atoms with Gasteiger partial charge in [-0.25, -0.2) is 0 Å². The normalized spacial score (nSPS) is 20.1. The van der Waals surface area contributed by atoms with Crippen molar-refractivity contribution in [3.8, 4) is 0 Å². The van der Waals surface area contributed by atoms with Crippen LogP contribution in [0.3, 0.4) is 0 Å². The zero-order chi connectivity index (χ0) is 10.5. The largest absolute Gasteiger partial charge is 0.370 e. The molecule has 82 valence electrons. The molecule has 0 spiro atoms. The second-order valence-corrected chi connectivity index (χ2v) is 4.02. The van der Waals surface area contributed by atoms with Gasteiger partial charge in [-0.2, -0.15) is 0 Å². The lowest BCUT2D eigenvalue weighted by atomic mass is 10.1. The molecule has 0 aliphatic carbocycles. The molecule has 1 aromatic carbocycles. The standard InChI is InChI=1S/C12H18N2O/c13-10-12(11-4-2-1-3-5-11)14-6-8-15-9-7-14/h1-5,12H,6-10,13H2/p+2/t12-/m1/s1. The fraction of sp³-hybridized carbons (Fsp3) is 0.500. The van der Waals surface area contributed by atoms with Gasteiger partial charge in [0.2, 0.25) is 0 Å². The van der Waals surface area contributed by atoms with Crippen molar-refractivity contribution in [3.05, 3.63) is 35.9 Å². The highest BCUT2D eigenvalue weighted by molar-refractivity contribution is 5.17. The van der Waals surface area contributed by atoms with Crippen molar-refractivity contribution in [3.63, 3.8) is 0 Å². The molecule has 0 amide bonds. The van der Waals surface area contributed by atoms with Crippen molar-refractivity contribution in [1.29, 1.82) is 0 Å². The molecule has 2 rings (SSSR count). The van der Waals surface area contributed by atoms with Crippen LogP contribution in [0.2, 0.25) is 0 Å². The maximum Gasteiger partial charge on any atom is 0.163 e. The second kappa shape index (κ2) is 5.26. The van der Waals surface area contributed by atoms with E-state index in [0.29, 0.717) is 6.04 Å². The zero-order valence-corrected chi connectivity index (χ0v) is 9.11. The number of quaternary nitrogens is 2. The van der Waals surface area contributed by atoms with E-state index in [2.05, 4.69) is 36.1 Å². The molecule has 4 N–H and O–H groups in total. The fourth-order valence-electron chi connectivity index (χ4n) is 2.27. The Labute approximate surface area is 90.8 Å². The Bertz CT molecular complexity index is 283. The van der Waals surface area contributed by atoms with Crippen LogP contribution >= 0.6 is 0 Å². The predicted molar refractivity (Wildman–Crippen MR) is 58.5 cm³/mol. The van der Waals surface area contributed by atoms with Crippen molar-refractivity contribution in [2.45, 2.75) is 6.04 Å². The van der Waals surface area contributed by atoms with Crippen LogP contribution in [0.5, 0.6) is 0 Å². The molecule has 1 aliphatic rings. The number of hydrogen-bond acceptors (Lipinski definition) is 1. The number of nitrogens with one attached hydrogen (secondary N) is 1. The Kier molecular flexibility index (Phi) is 3.72. The summed E-state index contributed by atoms with van der Waals surface area (Å²) in [5.74, 6) is 0. The first-order valence-electron chi connectivity index (χ1n) is 5.68. The van der Waals surface area contributed by atoms with Gasteiger partial charge in [-0.05, 0) is 0 Å². The molecule has 3 nitrogen and oxygen atoms in total. The van der Waals surface area contributed by atoms with E-state index in [1.54, 1.807) is 4.90 Å². The maximum absolute atomic E-state index is 5.39. The SMILES string of the molecule is [NH3+]C[C@H](c1ccccc1)[NH+]1CCOCC1. The predicted octanol–water partition coefficient (Wildman–Crippen LogP) is -1.12. The van der Waals surface area contributed by atoms with E-state index in [-0.39, 0.29) is 0 Å². The van der Waals surface area contributed by atoms with Gasteiger partial charge in [-0.3, -0.25) is 0 Å². The monoisotopic (exact) mass is 208 g/mol. The van der Waals surface area contributed by atoms with E-state index in [4.69, 9.17) is 4.74 Å². The van der Waals surface area contributed by atoms with Gasteiger partial charge in [-0.15, -0.1) is 0 Å². The number of morpholine rings is 1. The molecule has 1 saturated heterocycles. The summed E-state index contributed by atoms with van der Waals surface area (Å²) in [6.07, 6.45) is 0. The van der Waals surface area contributed by atoms with Gasteiger partial charge in [0.05, 0.1) is 13.2 Å². The van der Waals surface area contributed by atoms with Crippen LogP contribution < -0.4 is 10.6 Å². The fourth-order valence-corrected chi connectivity index (χ4v) is 2.27. The van der Waals surface area contributed by atoms with Gasteiger partial charge < -0.3 is 15.4 Å². The van der Waals surface area contributed by atoms with Crippen LogP contribution in [0, 0.1) is 0 Å². The molecular formula is C12H20N2O+2. The summed E-state index contributed by atoms with van der Waals surface area (Å²) in [4.78, 5) is 1.61. The molecule has 1 heterocycles. The van der Waals surface area contributed by atoms with E-state index in [1.807, 2.05) is 0 Å². The highest BCUT2D eigenvalue weighted by atomic mass is 16.5. The molecule has 0 bridgehead atoms. The third-order valence-electron chi connectivity index (χ3n) is 3.12. The second-order valence-electron chi connectivity index (χ2n) is 4.02. The topological polar surface area (TPSA) is 41.3 Å². The molecule has 1 fully saturated rings. The molecule has 0 aromatic heterocycles. The number of hydrogen-bond donors (Lipinski definition) is 2. The van der Waals surface area contributed by atoms with Gasteiger partial charge >= 0.3 is 0 Å². The average Bonchev–Trinajstić information content (AvgIpc) is 2.33. The number of benzene rings is 1. The minimum atomic E-state index is 0.537. The third kappa shape index (κ3) is 2.56. The Morgan fingerprint density at radius 3 is 2.47 bits per heavy atom. The zero-order valence-electron chi connectivity index (χ0n) is 9.11. The first kappa shape index (κ1) is 10.6. The van der Waals surface area contributed by atoms with Crippen molar-refractivity contribution < 1.29 is 15.4 Å². The Balaban J connectivity index is 2.09. The molecule has 15 heavy (non-hydrogen) atoms. The minimum Gasteiger partial charge on any atom is -0.370 e. The quantitative estimate of drug-likeness (QED) is 0.649. The van der Waals surface area contributed by atoms with Gasteiger partial charge in [0.1, 0.15) is 19.6 Å². The first-order chi connectivity index (χ1) is 7.42. The smallest absolute Gasteiger partial charge is 0.163 e. The van der Waals surface area contributed by atoms with Crippen molar-refractivity contribution in [1.82, 2.24) is 0 Å². The maximum atomic E-state index is 5.39. The van der Waals surface area contributed by atoms with E-state index >= 15 is 0 Å². The minimum absolute atomic E-state index is 0.537. The number of rotatable bonds is 3. The first-order valence-corrected chi connectivity index (χ1v) is 5.68. The molecule has 1 aliphatic heterocycles. The van der Waals surface area contributed by atoms with Crippen LogP contribution in [-0.2, 0) is 4.74 Å². The summed E-state index contributed by atoms with van der Waals surface area (Å²) in [5, 5.41) is 0. The summed E-state index contributed by atoms with van der Waals surface area (Å²) in [6, 6.07) is 11.2. The lowest BCUT2D eigenvalue weighted by molar-refractivity contribution is -0.944. The van der Waals surface area contributed by atoms with E-state index in [0.717, 1.165) is 32.8 Å². The molecule has 0 radical (unpaired) electrons. The molecule has 1 atom stereocenters. The lowest BCUT2D eigenvalue weighted by Crippen LogP contribution is -3.15. The summed E-state index contributed by atoms with van der Waals surface area (Å²) in [5.41, 5.74) is 5.48. The summed E-state index contributed by atoms with van der Waals surface area (Å²) in [6.45, 7) is 4.95. The Morgan fingerprint density at radius 2 is 1.87 bits per heavy atom. The number of ether oxygens (including phenoxy) is 1. The van der Waals surface area contributed by atoms with E-state index in [1.165, 1.54) is 5.56 Å². The Hall–Kier alpha value is -0.900. The molecule has 0 saturated carbocycles. The van der Waals surface area contributed by atoms with E-state index in [9.17, 15) is 0 Å². The highest BCUT2D eigenvalue weighted by Crippen LogP contribution is 2.07. The third-order valence-corrected chi connectivity index (χ3v) is 3.12. The summed E-state index contributed by atoms with van der Waals surface area (Å²) >= 11 is 0. The van der Waals surface area contributed by atoms with Crippen LogP contribution in [-0.4, -0.2) is 32.8 Å². The van der Waals surface area contributed by atoms with Gasteiger partial charge in [0, 0.05) is 5.56 Å². The van der Waals surface area contributed by atoms with E-state index < -0.39 is 0 Å². The van der Waals surface area contributed by atoms with Crippen LogP contribution in [0.25, 0.3) is 0 Å². The summed E-state index contributed by atoms with van der Waals surface area (Å²) < 4.78 is 5.39. The lowest BCUT2D eigenvalue weighted by Gasteiger charge is -2.29. The van der Waals surface area contributed by atoms with Crippen molar-refractivity contribution >= 4 is 0 Å². The average molecular weight is 208 g/mol. The van der Waals surface area contributed by atoms with Crippen molar-refractivity contribution in [2.24, 2.45) is 0 Å². The van der Waals surface area contributed by atoms with Crippen LogP contribution in [0.15, 0.2) is 30.3 Å². The summed E-state index contributed by atoms with van der Waals surface area (Å²) in [7, 11) is 0. The molecule has 0 unspecified atom stereocenters. The van der Waals surface area contributed by atoms with Gasteiger partial charge in [-0.1, -0.05) is 30.3 Å². The Morgan fingerprint density at radius 1 is 1.20 bits per heavy atom. The van der Waals surface area contributed by atoms with Crippen molar-refractivity contribution in [2.75, 3.05) is 32.8 Å². The van der Waals surface area contributed by atoms with Crippen LogP contribution in [0.4, 0.5) is 0 Å². The van der Waals surface area contributed by atoms with Gasteiger partial charge in [0.25, 0.3) is 0 Å². The molecular weight excluding hydrogens is 188 g/mol. The van der Waals surface area contributed by atoms with Gasteiger partial charge in [0.15, 0.2) is 6.04 Å².